The number of rotatable bonds is 3. The molecule has 0 amide bonds. The molecular formula is C11H11N3S2. The Morgan fingerprint density at radius 1 is 1.56 bits per heavy atom. The van der Waals surface area contributed by atoms with Crippen molar-refractivity contribution in [2.24, 2.45) is 0 Å². The van der Waals surface area contributed by atoms with Crippen LogP contribution >= 0.6 is 24.0 Å². The fourth-order valence-corrected chi connectivity index (χ4v) is 2.29. The lowest BCUT2D eigenvalue weighted by molar-refractivity contribution is 0.784. The van der Waals surface area contributed by atoms with E-state index in [0.717, 1.165) is 28.1 Å². The Bertz CT molecular complexity index is 604. The average Bonchev–Trinajstić information content (AvgIpc) is 2.61. The molecule has 1 aromatic carbocycles. The Balaban J connectivity index is 2.58. The van der Waals surface area contributed by atoms with E-state index in [1.807, 2.05) is 16.7 Å². The molecule has 1 aromatic heterocycles. The highest BCUT2D eigenvalue weighted by Crippen LogP contribution is 2.16. The SMILES string of the molecule is CSCCn1c(=S)[nH]c2ccc(C#N)cc21. The molecule has 16 heavy (non-hydrogen) atoms. The van der Waals surface area contributed by atoms with Gasteiger partial charge in [0.2, 0.25) is 0 Å². The number of nitrogens with zero attached hydrogens (tertiary/aromatic N) is 2. The molecule has 0 aliphatic rings. The number of H-pyrrole nitrogens is 1. The lowest BCUT2D eigenvalue weighted by Crippen LogP contribution is -1.99. The van der Waals surface area contributed by atoms with Crippen LogP contribution in [0.2, 0.25) is 0 Å². The lowest BCUT2D eigenvalue weighted by Gasteiger charge is -2.02. The molecule has 0 bridgehead atoms. The summed E-state index contributed by atoms with van der Waals surface area (Å²) in [7, 11) is 0. The topological polar surface area (TPSA) is 44.5 Å². The molecule has 0 saturated heterocycles. The largest absolute Gasteiger partial charge is 0.331 e. The summed E-state index contributed by atoms with van der Waals surface area (Å²) < 4.78 is 2.77. The van der Waals surface area contributed by atoms with Gasteiger partial charge >= 0.3 is 0 Å². The summed E-state index contributed by atoms with van der Waals surface area (Å²) in [6.45, 7) is 0.870. The molecule has 5 heteroatoms. The normalized spacial score (nSPS) is 10.5. The van der Waals surface area contributed by atoms with Gasteiger partial charge in [0, 0.05) is 12.3 Å². The molecule has 0 fully saturated rings. The van der Waals surface area contributed by atoms with Gasteiger partial charge in [0.15, 0.2) is 4.77 Å². The molecule has 0 atom stereocenters. The second-order valence-electron chi connectivity index (χ2n) is 3.42. The minimum atomic E-state index is 0.666. The monoisotopic (exact) mass is 249 g/mol. The highest BCUT2D eigenvalue weighted by atomic mass is 32.2. The lowest BCUT2D eigenvalue weighted by atomic mass is 10.2. The number of hydrogen-bond donors (Lipinski definition) is 1. The first-order chi connectivity index (χ1) is 7.76. The number of aromatic nitrogens is 2. The van der Waals surface area contributed by atoms with E-state index in [1.54, 1.807) is 17.8 Å². The first-order valence-electron chi connectivity index (χ1n) is 4.88. The van der Waals surface area contributed by atoms with Crippen LogP contribution in [0.5, 0.6) is 0 Å². The number of fused-ring (bicyclic) bond motifs is 1. The van der Waals surface area contributed by atoms with Gasteiger partial charge in [-0.25, -0.2) is 0 Å². The van der Waals surface area contributed by atoms with Gasteiger partial charge < -0.3 is 9.55 Å². The summed E-state index contributed by atoms with van der Waals surface area (Å²) in [6.07, 6.45) is 2.07. The number of thioether (sulfide) groups is 1. The van der Waals surface area contributed by atoms with Crippen LogP contribution in [0.15, 0.2) is 18.2 Å². The zero-order valence-corrected chi connectivity index (χ0v) is 10.5. The fraction of sp³-hybridized carbons (Fsp3) is 0.273. The highest BCUT2D eigenvalue weighted by molar-refractivity contribution is 7.98. The Morgan fingerprint density at radius 3 is 3.06 bits per heavy atom. The maximum absolute atomic E-state index is 8.87. The standard InChI is InChI=1S/C11H11N3S2/c1-16-5-4-14-10-6-8(7-12)2-3-9(10)13-11(14)15/h2-3,6H,4-5H2,1H3,(H,13,15). The van der Waals surface area contributed by atoms with Crippen molar-refractivity contribution in [1.29, 1.82) is 5.26 Å². The van der Waals surface area contributed by atoms with Gasteiger partial charge in [-0.1, -0.05) is 0 Å². The van der Waals surface area contributed by atoms with Crippen LogP contribution in [-0.4, -0.2) is 21.6 Å². The molecule has 1 heterocycles. The molecule has 2 aromatic rings. The molecule has 0 radical (unpaired) electrons. The summed E-state index contributed by atoms with van der Waals surface area (Å²) in [5, 5.41) is 8.87. The molecule has 1 N–H and O–H groups in total. The molecule has 3 nitrogen and oxygen atoms in total. The van der Waals surface area contributed by atoms with Gasteiger partial charge in [-0.2, -0.15) is 17.0 Å². The summed E-state index contributed by atoms with van der Waals surface area (Å²) >= 11 is 7.04. The number of nitrogens with one attached hydrogen (secondary N) is 1. The minimum absolute atomic E-state index is 0.666. The van der Waals surface area contributed by atoms with Crippen LogP contribution < -0.4 is 0 Å². The number of aromatic amines is 1. The molecule has 0 aliphatic carbocycles. The Morgan fingerprint density at radius 2 is 2.38 bits per heavy atom. The van der Waals surface area contributed by atoms with Crippen molar-refractivity contribution in [2.75, 3.05) is 12.0 Å². The van der Waals surface area contributed by atoms with Crippen molar-refractivity contribution in [3.8, 4) is 6.07 Å². The van der Waals surface area contributed by atoms with E-state index in [-0.39, 0.29) is 0 Å². The molecule has 2 rings (SSSR count). The van der Waals surface area contributed by atoms with Crippen LogP contribution in [0.4, 0.5) is 0 Å². The molecule has 0 spiro atoms. The van der Waals surface area contributed by atoms with Crippen molar-refractivity contribution in [3.05, 3.63) is 28.5 Å². The van der Waals surface area contributed by atoms with Crippen LogP contribution in [0, 0.1) is 16.1 Å². The Hall–Kier alpha value is -1.25. The van der Waals surface area contributed by atoms with E-state index in [1.165, 1.54) is 0 Å². The zero-order chi connectivity index (χ0) is 11.5. The third-order valence-corrected chi connectivity index (χ3v) is 3.34. The first kappa shape index (κ1) is 11.2. The quantitative estimate of drug-likeness (QED) is 0.851. The number of aryl methyl sites for hydroxylation is 1. The zero-order valence-electron chi connectivity index (χ0n) is 8.86. The Labute approximate surface area is 103 Å². The number of benzene rings is 1. The average molecular weight is 249 g/mol. The molecule has 0 unspecified atom stereocenters. The van der Waals surface area contributed by atoms with E-state index < -0.39 is 0 Å². The van der Waals surface area contributed by atoms with E-state index in [0.29, 0.717) is 5.56 Å². The van der Waals surface area contributed by atoms with E-state index >= 15 is 0 Å². The number of nitriles is 1. The minimum Gasteiger partial charge on any atom is -0.331 e. The molecular weight excluding hydrogens is 238 g/mol. The van der Waals surface area contributed by atoms with Gasteiger partial charge in [0.1, 0.15) is 0 Å². The van der Waals surface area contributed by atoms with Crippen molar-refractivity contribution in [1.82, 2.24) is 9.55 Å². The Kier molecular flexibility index (Phi) is 3.32. The van der Waals surface area contributed by atoms with E-state index in [4.69, 9.17) is 17.5 Å². The summed E-state index contributed by atoms with van der Waals surface area (Å²) in [5.74, 6) is 1.01. The van der Waals surface area contributed by atoms with Gasteiger partial charge in [-0.3, -0.25) is 0 Å². The summed E-state index contributed by atoms with van der Waals surface area (Å²) in [6, 6.07) is 7.72. The van der Waals surface area contributed by atoms with Gasteiger partial charge in [-0.05, 0) is 36.7 Å². The van der Waals surface area contributed by atoms with Crippen LogP contribution in [-0.2, 0) is 6.54 Å². The third-order valence-electron chi connectivity index (χ3n) is 2.42. The predicted molar refractivity (Wildman–Crippen MR) is 70.2 cm³/mol. The smallest absolute Gasteiger partial charge is 0.178 e. The summed E-state index contributed by atoms with van der Waals surface area (Å²) in [4.78, 5) is 3.15. The fourth-order valence-electron chi connectivity index (χ4n) is 1.63. The summed E-state index contributed by atoms with van der Waals surface area (Å²) in [5.41, 5.74) is 2.67. The second kappa shape index (κ2) is 4.73. The maximum atomic E-state index is 8.87. The van der Waals surface area contributed by atoms with Crippen molar-refractivity contribution in [2.45, 2.75) is 6.54 Å². The van der Waals surface area contributed by atoms with E-state index in [9.17, 15) is 0 Å². The highest BCUT2D eigenvalue weighted by Gasteiger charge is 2.04. The van der Waals surface area contributed by atoms with Crippen LogP contribution in [0.3, 0.4) is 0 Å². The van der Waals surface area contributed by atoms with Gasteiger partial charge in [0.05, 0.1) is 22.7 Å². The number of hydrogen-bond acceptors (Lipinski definition) is 3. The van der Waals surface area contributed by atoms with Gasteiger partial charge in [-0.15, -0.1) is 0 Å². The van der Waals surface area contributed by atoms with Crippen LogP contribution in [0.25, 0.3) is 11.0 Å². The van der Waals surface area contributed by atoms with Crippen LogP contribution in [0.1, 0.15) is 5.56 Å². The molecule has 0 aliphatic heterocycles. The van der Waals surface area contributed by atoms with Gasteiger partial charge in [0.25, 0.3) is 0 Å². The second-order valence-corrected chi connectivity index (χ2v) is 4.79. The van der Waals surface area contributed by atoms with Crippen molar-refractivity contribution >= 4 is 35.0 Å². The van der Waals surface area contributed by atoms with Crippen molar-refractivity contribution < 1.29 is 0 Å². The predicted octanol–water partition coefficient (Wildman–Crippen LogP) is 2.93. The molecule has 0 saturated carbocycles. The van der Waals surface area contributed by atoms with Crippen molar-refractivity contribution in [3.63, 3.8) is 0 Å². The first-order valence-corrected chi connectivity index (χ1v) is 6.68. The third kappa shape index (κ3) is 1.99. The maximum Gasteiger partial charge on any atom is 0.178 e. The van der Waals surface area contributed by atoms with E-state index in [2.05, 4.69) is 17.3 Å². The number of imidazole rings is 1. The molecule has 82 valence electrons.